The van der Waals surface area contributed by atoms with Crippen molar-refractivity contribution >= 4 is 18.2 Å². The minimum Gasteiger partial charge on any atom is -0.508 e. The molecular formula is C36H52N2O8. The number of hydrogen-bond donors (Lipinski definition) is 2. The van der Waals surface area contributed by atoms with Crippen LogP contribution in [0.1, 0.15) is 104 Å². The average Bonchev–Trinajstić information content (AvgIpc) is 2.96. The highest BCUT2D eigenvalue weighted by Crippen LogP contribution is 2.32. The highest BCUT2D eigenvalue weighted by molar-refractivity contribution is 5.76. The van der Waals surface area contributed by atoms with Crippen LogP contribution in [0.2, 0.25) is 0 Å². The van der Waals surface area contributed by atoms with Gasteiger partial charge in [0.1, 0.15) is 22.7 Å². The topological polar surface area (TPSA) is 126 Å². The zero-order valence-electron chi connectivity index (χ0n) is 28.7. The zero-order chi connectivity index (χ0) is 34.3. The van der Waals surface area contributed by atoms with E-state index in [1.807, 2.05) is 71.9 Å². The number of carboxylic acid groups (broad SMARTS) is 1. The summed E-state index contributed by atoms with van der Waals surface area (Å²) in [5, 5.41) is 18.8. The minimum absolute atomic E-state index is 0.174. The van der Waals surface area contributed by atoms with Crippen LogP contribution in [0.4, 0.5) is 9.59 Å². The molecule has 46 heavy (non-hydrogen) atoms. The third kappa shape index (κ3) is 11.4. The Bertz CT molecular complexity index is 1340. The molecular weight excluding hydrogens is 588 g/mol. The van der Waals surface area contributed by atoms with E-state index in [1.165, 1.54) is 13.8 Å². The van der Waals surface area contributed by atoms with Crippen LogP contribution < -0.4 is 4.74 Å². The summed E-state index contributed by atoms with van der Waals surface area (Å²) in [4.78, 5) is 39.2. The predicted molar refractivity (Wildman–Crippen MR) is 176 cm³/mol. The molecule has 2 aromatic carbocycles. The lowest BCUT2D eigenvalue weighted by Crippen LogP contribution is -2.42. The summed E-state index contributed by atoms with van der Waals surface area (Å²) in [5.74, 6) is 0.217. The Labute approximate surface area is 273 Å². The third-order valence-electron chi connectivity index (χ3n) is 7.71. The zero-order valence-corrected chi connectivity index (χ0v) is 28.7. The molecule has 10 heteroatoms. The number of piperidine rings is 2. The molecule has 0 aliphatic carbocycles. The third-order valence-corrected chi connectivity index (χ3v) is 7.71. The molecule has 0 bridgehead atoms. The van der Waals surface area contributed by atoms with Crippen molar-refractivity contribution in [3.8, 4) is 11.5 Å². The number of rotatable bonds is 5. The van der Waals surface area contributed by atoms with Gasteiger partial charge in [-0.2, -0.15) is 0 Å². The Balaban J connectivity index is 0.000000259. The SMILES string of the molecule is CC(C)(C)OC(=O)N1CCCC(c2cccc(O)c2)C1.CC(C)(C)OC(=O)N1CCCC(c2cccc(OC(C)(C)C(=O)O)c2)C1. The first-order chi connectivity index (χ1) is 21.3. The van der Waals surface area contributed by atoms with E-state index < -0.39 is 22.8 Å². The largest absolute Gasteiger partial charge is 0.508 e. The van der Waals surface area contributed by atoms with Gasteiger partial charge in [-0.1, -0.05) is 24.3 Å². The number of ether oxygens (including phenoxy) is 3. The number of aliphatic carboxylic acids is 1. The summed E-state index contributed by atoms with van der Waals surface area (Å²) >= 11 is 0. The number of amides is 2. The van der Waals surface area contributed by atoms with E-state index in [4.69, 9.17) is 14.2 Å². The maximum atomic E-state index is 12.3. The molecule has 2 aliphatic heterocycles. The van der Waals surface area contributed by atoms with E-state index in [0.717, 1.165) is 43.4 Å². The lowest BCUT2D eigenvalue weighted by atomic mass is 9.90. The molecule has 254 valence electrons. The van der Waals surface area contributed by atoms with Gasteiger partial charge in [0.05, 0.1) is 0 Å². The first-order valence-electron chi connectivity index (χ1n) is 16.1. The number of likely N-dealkylation sites (tertiary alicyclic amines) is 2. The molecule has 10 nitrogen and oxygen atoms in total. The van der Waals surface area contributed by atoms with E-state index in [-0.39, 0.29) is 29.8 Å². The maximum absolute atomic E-state index is 12.3. The summed E-state index contributed by atoms with van der Waals surface area (Å²) in [6.45, 7) is 16.9. The van der Waals surface area contributed by atoms with Crippen LogP contribution in [-0.2, 0) is 14.3 Å². The molecule has 4 rings (SSSR count). The van der Waals surface area contributed by atoms with Gasteiger partial charge in [-0.15, -0.1) is 0 Å². The molecule has 2 unspecified atom stereocenters. The lowest BCUT2D eigenvalue weighted by Gasteiger charge is -2.34. The number of phenols is 1. The van der Waals surface area contributed by atoms with Gasteiger partial charge in [-0.25, -0.2) is 14.4 Å². The van der Waals surface area contributed by atoms with Crippen molar-refractivity contribution in [2.45, 2.75) is 110 Å². The van der Waals surface area contributed by atoms with Crippen molar-refractivity contribution in [2.24, 2.45) is 0 Å². The molecule has 2 amide bonds. The first-order valence-corrected chi connectivity index (χ1v) is 16.1. The minimum atomic E-state index is -1.30. The van der Waals surface area contributed by atoms with Gasteiger partial charge in [0.2, 0.25) is 0 Å². The number of nitrogens with zero attached hydrogens (tertiary/aromatic N) is 2. The number of phenolic OH excluding ortho intramolecular Hbond substituents is 1. The number of carbonyl (C=O) groups excluding carboxylic acids is 2. The summed E-state index contributed by atoms with van der Waals surface area (Å²) in [6.07, 6.45) is 3.31. The molecule has 0 spiro atoms. The van der Waals surface area contributed by atoms with Gasteiger partial charge in [0.15, 0.2) is 5.60 Å². The average molecular weight is 641 g/mol. The second-order valence-corrected chi connectivity index (χ2v) is 14.6. The fourth-order valence-electron chi connectivity index (χ4n) is 5.43. The smallest absolute Gasteiger partial charge is 0.410 e. The van der Waals surface area contributed by atoms with Gasteiger partial charge in [0.25, 0.3) is 0 Å². The van der Waals surface area contributed by atoms with E-state index in [2.05, 4.69) is 0 Å². The molecule has 0 radical (unpaired) electrons. The summed E-state index contributed by atoms with van der Waals surface area (Å²) < 4.78 is 16.5. The van der Waals surface area contributed by atoms with Gasteiger partial charge in [0, 0.05) is 38.0 Å². The molecule has 2 aromatic rings. The highest BCUT2D eigenvalue weighted by Gasteiger charge is 2.32. The van der Waals surface area contributed by atoms with Crippen molar-refractivity contribution in [3.63, 3.8) is 0 Å². The number of aromatic hydroxyl groups is 1. The van der Waals surface area contributed by atoms with E-state index in [0.29, 0.717) is 25.4 Å². The summed E-state index contributed by atoms with van der Waals surface area (Å²) in [7, 11) is 0. The Morgan fingerprint density at radius 3 is 1.61 bits per heavy atom. The van der Waals surface area contributed by atoms with Crippen molar-refractivity contribution in [2.75, 3.05) is 26.2 Å². The van der Waals surface area contributed by atoms with Crippen LogP contribution in [0, 0.1) is 0 Å². The van der Waals surface area contributed by atoms with Gasteiger partial charge in [-0.3, -0.25) is 0 Å². The number of carboxylic acids is 1. The second kappa shape index (κ2) is 15.1. The van der Waals surface area contributed by atoms with Gasteiger partial charge in [-0.05, 0) is 116 Å². The van der Waals surface area contributed by atoms with E-state index >= 15 is 0 Å². The van der Waals surface area contributed by atoms with Crippen LogP contribution in [0.3, 0.4) is 0 Å². The van der Waals surface area contributed by atoms with E-state index in [9.17, 15) is 24.6 Å². The molecule has 0 aromatic heterocycles. The van der Waals surface area contributed by atoms with Crippen LogP contribution in [0.25, 0.3) is 0 Å². The fourth-order valence-corrected chi connectivity index (χ4v) is 5.43. The Kier molecular flexibility index (Phi) is 12.0. The maximum Gasteiger partial charge on any atom is 0.410 e. The Hall–Kier alpha value is -3.95. The van der Waals surface area contributed by atoms with Crippen LogP contribution >= 0.6 is 0 Å². The predicted octanol–water partition coefficient (Wildman–Crippen LogP) is 7.55. The molecule has 2 heterocycles. The molecule has 2 atom stereocenters. The number of hydrogen-bond acceptors (Lipinski definition) is 7. The summed E-state index contributed by atoms with van der Waals surface area (Å²) in [6, 6.07) is 14.8. The Morgan fingerprint density at radius 2 is 1.17 bits per heavy atom. The van der Waals surface area contributed by atoms with Gasteiger partial charge < -0.3 is 34.2 Å². The van der Waals surface area contributed by atoms with Gasteiger partial charge >= 0.3 is 18.2 Å². The molecule has 2 N–H and O–H groups in total. The normalized spacial score (nSPS) is 19.0. The van der Waals surface area contributed by atoms with Crippen LogP contribution in [0.5, 0.6) is 11.5 Å². The quantitative estimate of drug-likeness (QED) is 0.343. The lowest BCUT2D eigenvalue weighted by molar-refractivity contribution is -0.152. The molecule has 2 fully saturated rings. The Morgan fingerprint density at radius 1 is 0.717 bits per heavy atom. The number of benzene rings is 2. The van der Waals surface area contributed by atoms with E-state index in [1.54, 1.807) is 28.0 Å². The standard InChI is InChI=1S/C20H29NO5.C16H23NO3/c1-19(2,3)26-18(24)21-11-7-9-15(13-21)14-8-6-10-16(12-14)25-20(4,5)17(22)23;1-16(2,3)20-15(19)17-9-5-7-13(11-17)12-6-4-8-14(18)10-12/h6,8,10,12,15H,7,9,11,13H2,1-5H3,(H,22,23);4,6,8,10,13,18H,5,7,9,11H2,1-3H3. The van der Waals surface area contributed by atoms with Crippen molar-refractivity contribution in [1.29, 1.82) is 0 Å². The van der Waals surface area contributed by atoms with Crippen molar-refractivity contribution in [3.05, 3.63) is 59.7 Å². The van der Waals surface area contributed by atoms with Crippen LogP contribution in [-0.4, -0.2) is 81.2 Å². The van der Waals surface area contributed by atoms with Crippen LogP contribution in [0.15, 0.2) is 48.5 Å². The molecule has 2 aliphatic rings. The van der Waals surface area contributed by atoms with Crippen molar-refractivity contribution < 1.29 is 38.8 Å². The second-order valence-electron chi connectivity index (χ2n) is 14.6. The molecule has 2 saturated heterocycles. The highest BCUT2D eigenvalue weighted by atomic mass is 16.6. The van der Waals surface area contributed by atoms with Crippen molar-refractivity contribution in [1.82, 2.24) is 9.80 Å². The summed E-state index contributed by atoms with van der Waals surface area (Å²) in [5.41, 5.74) is -0.154. The monoisotopic (exact) mass is 640 g/mol. The first kappa shape index (κ1) is 36.5. The molecule has 0 saturated carbocycles. The number of carbonyl (C=O) groups is 3. The fraction of sp³-hybridized carbons (Fsp3) is 0.583.